The molecule has 2 rings (SSSR count). The Balaban J connectivity index is 2.17. The average Bonchev–Trinajstić information content (AvgIpc) is 2.41. The monoisotopic (exact) mass is 372 g/mol. The number of H-pyrrole nitrogens is 1. The molecule has 0 bridgehead atoms. The summed E-state index contributed by atoms with van der Waals surface area (Å²) in [6, 6.07) is 6.44. The summed E-state index contributed by atoms with van der Waals surface area (Å²) in [5.41, 5.74) is 1.06. The molecule has 0 atom stereocenters. The van der Waals surface area contributed by atoms with Crippen LogP contribution in [0.3, 0.4) is 0 Å². The molecule has 2 aromatic rings. The fourth-order valence-corrected chi connectivity index (χ4v) is 3.31. The first-order valence-electron chi connectivity index (χ1n) is 6.14. The first-order valence-corrected chi connectivity index (χ1v) is 8.33. The predicted molar refractivity (Wildman–Crippen MR) is 87.2 cm³/mol. The van der Waals surface area contributed by atoms with Gasteiger partial charge in [-0.2, -0.15) is 0 Å². The van der Waals surface area contributed by atoms with E-state index in [4.69, 9.17) is 12.2 Å². The number of hydrogen-bond acceptors (Lipinski definition) is 3. The Labute approximate surface area is 135 Å². The molecular formula is C14H14BrFN2S2. The van der Waals surface area contributed by atoms with Crippen LogP contribution in [0.4, 0.5) is 4.39 Å². The molecule has 0 aliphatic carbocycles. The molecule has 0 fully saturated rings. The largest absolute Gasteiger partial charge is 0.345 e. The molecule has 0 saturated heterocycles. The molecular weight excluding hydrogens is 359 g/mol. The molecule has 106 valence electrons. The molecule has 6 heteroatoms. The maximum atomic E-state index is 12.8. The summed E-state index contributed by atoms with van der Waals surface area (Å²) in [5, 5.41) is 0. The summed E-state index contributed by atoms with van der Waals surface area (Å²) >= 11 is 10.3. The molecule has 0 aliphatic heterocycles. The number of benzene rings is 1. The number of halogens is 2. The van der Waals surface area contributed by atoms with Crippen LogP contribution in [-0.4, -0.2) is 9.97 Å². The number of nitrogens with one attached hydrogen (secondary N) is 1. The molecule has 0 saturated carbocycles. The zero-order chi connectivity index (χ0) is 14.7. The molecule has 0 radical (unpaired) electrons. The van der Waals surface area contributed by atoms with Gasteiger partial charge in [0, 0.05) is 10.6 Å². The summed E-state index contributed by atoms with van der Waals surface area (Å²) < 4.78 is 14.3. The zero-order valence-corrected chi connectivity index (χ0v) is 14.3. The van der Waals surface area contributed by atoms with Crippen molar-refractivity contribution in [1.29, 1.82) is 0 Å². The summed E-state index contributed by atoms with van der Waals surface area (Å²) in [7, 11) is 0. The third-order valence-corrected chi connectivity index (χ3v) is 5.09. The fourth-order valence-electron chi connectivity index (χ4n) is 1.67. The molecule has 0 spiro atoms. The highest BCUT2D eigenvalue weighted by atomic mass is 79.9. The Morgan fingerprint density at radius 2 is 2.00 bits per heavy atom. The van der Waals surface area contributed by atoms with E-state index in [1.54, 1.807) is 23.9 Å². The van der Waals surface area contributed by atoms with Crippen molar-refractivity contribution < 1.29 is 4.39 Å². The average molecular weight is 373 g/mol. The van der Waals surface area contributed by atoms with Gasteiger partial charge in [0.2, 0.25) is 0 Å². The van der Waals surface area contributed by atoms with Gasteiger partial charge < -0.3 is 4.98 Å². The standard InChI is InChI=1S/C14H14BrFN2S2/c1-8(2)13-12(15)14(19)18-11(17-13)7-20-10-5-3-9(16)4-6-10/h3-6,8H,7H2,1-2H3,(H,17,18,19). The highest BCUT2D eigenvalue weighted by Gasteiger charge is 2.10. The minimum atomic E-state index is -0.224. The van der Waals surface area contributed by atoms with Crippen molar-refractivity contribution in [1.82, 2.24) is 9.97 Å². The number of aromatic nitrogens is 2. The van der Waals surface area contributed by atoms with Crippen molar-refractivity contribution in [2.24, 2.45) is 0 Å². The van der Waals surface area contributed by atoms with E-state index >= 15 is 0 Å². The minimum absolute atomic E-state index is 0.224. The number of nitrogens with zero attached hydrogens (tertiary/aromatic N) is 1. The van der Waals surface area contributed by atoms with Crippen molar-refractivity contribution >= 4 is 39.9 Å². The second kappa shape index (κ2) is 6.83. The lowest BCUT2D eigenvalue weighted by molar-refractivity contribution is 0.626. The molecule has 2 nitrogen and oxygen atoms in total. The number of thioether (sulfide) groups is 1. The van der Waals surface area contributed by atoms with E-state index in [9.17, 15) is 4.39 Å². The van der Waals surface area contributed by atoms with Crippen LogP contribution < -0.4 is 0 Å². The SMILES string of the molecule is CC(C)c1[nH]c(CSc2ccc(F)cc2)nc(=S)c1Br. The van der Waals surface area contributed by atoms with Gasteiger partial charge in [-0.3, -0.25) is 0 Å². The van der Waals surface area contributed by atoms with E-state index < -0.39 is 0 Å². The van der Waals surface area contributed by atoms with Gasteiger partial charge in [0.1, 0.15) is 16.3 Å². The smallest absolute Gasteiger partial charge is 0.144 e. The van der Waals surface area contributed by atoms with E-state index in [1.807, 2.05) is 0 Å². The maximum Gasteiger partial charge on any atom is 0.144 e. The number of rotatable bonds is 4. The molecule has 1 N–H and O–H groups in total. The number of aromatic amines is 1. The predicted octanol–water partition coefficient (Wildman–Crippen LogP) is 5.46. The van der Waals surface area contributed by atoms with Crippen LogP contribution in [-0.2, 0) is 5.75 Å². The summed E-state index contributed by atoms with van der Waals surface area (Å²) in [6.07, 6.45) is 0. The second-order valence-corrected chi connectivity index (χ2v) is 6.84. The van der Waals surface area contributed by atoms with E-state index in [0.717, 1.165) is 20.9 Å². The highest BCUT2D eigenvalue weighted by Crippen LogP contribution is 2.26. The molecule has 1 aromatic heterocycles. The van der Waals surface area contributed by atoms with Crippen molar-refractivity contribution in [2.75, 3.05) is 0 Å². The van der Waals surface area contributed by atoms with E-state index in [2.05, 4.69) is 39.7 Å². The highest BCUT2D eigenvalue weighted by molar-refractivity contribution is 9.10. The third kappa shape index (κ3) is 3.90. The number of hydrogen-bond donors (Lipinski definition) is 1. The van der Waals surface area contributed by atoms with Gasteiger partial charge in [-0.25, -0.2) is 9.37 Å². The van der Waals surface area contributed by atoms with Crippen molar-refractivity contribution in [2.45, 2.75) is 30.4 Å². The Morgan fingerprint density at radius 1 is 1.35 bits per heavy atom. The van der Waals surface area contributed by atoms with Crippen LogP contribution in [0.1, 0.15) is 31.3 Å². The minimum Gasteiger partial charge on any atom is -0.345 e. The summed E-state index contributed by atoms with van der Waals surface area (Å²) in [6.45, 7) is 4.20. The van der Waals surface area contributed by atoms with E-state index in [1.165, 1.54) is 12.1 Å². The molecule has 0 unspecified atom stereocenters. The normalized spacial score (nSPS) is 11.1. The van der Waals surface area contributed by atoms with Gasteiger partial charge in [-0.05, 0) is 46.1 Å². The van der Waals surface area contributed by atoms with Gasteiger partial charge in [-0.15, -0.1) is 11.8 Å². The maximum absolute atomic E-state index is 12.8. The first kappa shape index (κ1) is 15.7. The van der Waals surface area contributed by atoms with Crippen LogP contribution in [0.5, 0.6) is 0 Å². The van der Waals surface area contributed by atoms with Crippen LogP contribution in [0.15, 0.2) is 33.6 Å². The molecule has 20 heavy (non-hydrogen) atoms. The summed E-state index contributed by atoms with van der Waals surface area (Å²) in [5.74, 6) is 1.61. The van der Waals surface area contributed by atoms with Crippen molar-refractivity contribution in [3.63, 3.8) is 0 Å². The van der Waals surface area contributed by atoms with Gasteiger partial charge in [0.25, 0.3) is 0 Å². The van der Waals surface area contributed by atoms with E-state index in [0.29, 0.717) is 16.3 Å². The lowest BCUT2D eigenvalue weighted by Crippen LogP contribution is -2.02. The van der Waals surface area contributed by atoms with Crippen molar-refractivity contribution in [3.8, 4) is 0 Å². The molecule has 1 aromatic carbocycles. The topological polar surface area (TPSA) is 28.7 Å². The molecule has 1 heterocycles. The van der Waals surface area contributed by atoms with Crippen molar-refractivity contribution in [3.05, 3.63) is 50.7 Å². The Hall–Kier alpha value is -0.720. The fraction of sp³-hybridized carbons (Fsp3) is 0.286. The third-order valence-electron chi connectivity index (χ3n) is 2.71. The van der Waals surface area contributed by atoms with Gasteiger partial charge in [0.15, 0.2) is 0 Å². The second-order valence-electron chi connectivity index (χ2n) is 4.61. The van der Waals surface area contributed by atoms with E-state index in [-0.39, 0.29) is 5.82 Å². The van der Waals surface area contributed by atoms with Crippen LogP contribution in [0, 0.1) is 10.5 Å². The lowest BCUT2D eigenvalue weighted by atomic mass is 10.1. The molecule has 0 aliphatic rings. The lowest BCUT2D eigenvalue weighted by Gasteiger charge is -2.11. The Morgan fingerprint density at radius 3 is 2.60 bits per heavy atom. The zero-order valence-electron chi connectivity index (χ0n) is 11.1. The quantitative estimate of drug-likeness (QED) is 0.570. The Kier molecular flexibility index (Phi) is 5.35. The Bertz CT molecular complexity index is 653. The van der Waals surface area contributed by atoms with Gasteiger partial charge in [0.05, 0.1) is 10.2 Å². The van der Waals surface area contributed by atoms with Crippen LogP contribution in [0.25, 0.3) is 0 Å². The summed E-state index contributed by atoms with van der Waals surface area (Å²) in [4.78, 5) is 8.68. The molecule has 0 amide bonds. The van der Waals surface area contributed by atoms with Crippen LogP contribution >= 0.6 is 39.9 Å². The van der Waals surface area contributed by atoms with Crippen LogP contribution in [0.2, 0.25) is 0 Å². The van der Waals surface area contributed by atoms with Gasteiger partial charge in [-0.1, -0.05) is 26.1 Å². The first-order chi connectivity index (χ1) is 9.47. The van der Waals surface area contributed by atoms with Gasteiger partial charge >= 0.3 is 0 Å².